The molecule has 0 bridgehead atoms. The first-order valence-corrected chi connectivity index (χ1v) is 6.02. The largest absolute Gasteiger partial charge is 0.370 e. The maximum atomic E-state index is 5.72. The molecule has 0 atom stereocenters. The first kappa shape index (κ1) is 12.3. The van der Waals surface area contributed by atoms with Gasteiger partial charge in [-0.25, -0.2) is 0 Å². The summed E-state index contributed by atoms with van der Waals surface area (Å²) in [6.07, 6.45) is 2.66. The number of hydrogen-bond donors (Lipinski definition) is 2. The molecule has 0 amide bonds. The molecule has 0 saturated carbocycles. The van der Waals surface area contributed by atoms with Crippen molar-refractivity contribution in [3.05, 3.63) is 30.2 Å². The van der Waals surface area contributed by atoms with Crippen LogP contribution in [0.4, 0.5) is 0 Å². The number of guanidine groups is 1. The van der Waals surface area contributed by atoms with Crippen LogP contribution in [0, 0.1) is 0 Å². The Morgan fingerprint density at radius 2 is 2.28 bits per heavy atom. The van der Waals surface area contributed by atoms with E-state index in [2.05, 4.69) is 20.5 Å². The maximum Gasteiger partial charge on any atom is 0.188 e. The van der Waals surface area contributed by atoms with E-state index in [1.165, 1.54) is 0 Å². The first-order valence-electron chi connectivity index (χ1n) is 6.02. The predicted octanol–water partition coefficient (Wildman–Crippen LogP) is 0.584. The van der Waals surface area contributed by atoms with Gasteiger partial charge in [0.25, 0.3) is 0 Å². The minimum atomic E-state index is 0.294. The number of hydrogen-bond acceptors (Lipinski definition) is 3. The summed E-state index contributed by atoms with van der Waals surface area (Å²) in [5, 5.41) is 11.3. The van der Waals surface area contributed by atoms with Crippen molar-refractivity contribution < 1.29 is 0 Å². The molecule has 2 rings (SSSR count). The van der Waals surface area contributed by atoms with Gasteiger partial charge in [0.2, 0.25) is 0 Å². The van der Waals surface area contributed by atoms with Gasteiger partial charge in [0.05, 0.1) is 0 Å². The third-order valence-electron chi connectivity index (χ3n) is 2.44. The molecule has 6 nitrogen and oxygen atoms in total. The zero-order valence-corrected chi connectivity index (χ0v) is 10.7. The van der Waals surface area contributed by atoms with Gasteiger partial charge in [-0.1, -0.05) is 6.07 Å². The van der Waals surface area contributed by atoms with Crippen molar-refractivity contribution in [2.24, 2.45) is 10.7 Å². The summed E-state index contributed by atoms with van der Waals surface area (Å²) in [5.41, 5.74) is 6.57. The maximum absolute atomic E-state index is 5.72. The standard InChI is InChI=1S/C12H18N6/c1-9(2)15-12(13)14-7-6-11-17-16-10-5-3-4-8-18(10)11/h3-5,8-9H,6-7H2,1-2H3,(H3,13,14,15). The Kier molecular flexibility index (Phi) is 3.76. The highest BCUT2D eigenvalue weighted by atomic mass is 15.2. The number of nitrogens with zero attached hydrogens (tertiary/aromatic N) is 4. The van der Waals surface area contributed by atoms with E-state index in [-0.39, 0.29) is 0 Å². The third-order valence-corrected chi connectivity index (χ3v) is 2.44. The minimum Gasteiger partial charge on any atom is -0.370 e. The Hall–Kier alpha value is -2.11. The topological polar surface area (TPSA) is 80.6 Å². The van der Waals surface area contributed by atoms with Gasteiger partial charge in [0.1, 0.15) is 5.82 Å². The Bertz CT molecular complexity index is 542. The third kappa shape index (κ3) is 2.97. The number of fused-ring (bicyclic) bond motifs is 1. The van der Waals surface area contributed by atoms with Gasteiger partial charge < -0.3 is 11.1 Å². The SMILES string of the molecule is CC(C)NC(N)=NCCc1nnc2ccccn12. The molecule has 6 heteroatoms. The second kappa shape index (κ2) is 5.48. The van der Waals surface area contributed by atoms with Crippen LogP contribution in [0.5, 0.6) is 0 Å². The van der Waals surface area contributed by atoms with Crippen LogP contribution in [-0.2, 0) is 6.42 Å². The number of aromatic nitrogens is 3. The van der Waals surface area contributed by atoms with E-state index in [1.54, 1.807) is 0 Å². The second-order valence-electron chi connectivity index (χ2n) is 4.36. The fraction of sp³-hybridized carbons (Fsp3) is 0.417. The molecule has 0 unspecified atom stereocenters. The van der Waals surface area contributed by atoms with E-state index in [4.69, 9.17) is 5.73 Å². The van der Waals surface area contributed by atoms with Crippen LogP contribution in [0.1, 0.15) is 19.7 Å². The minimum absolute atomic E-state index is 0.294. The van der Waals surface area contributed by atoms with E-state index < -0.39 is 0 Å². The first-order chi connectivity index (χ1) is 8.66. The van der Waals surface area contributed by atoms with Crippen molar-refractivity contribution in [3.63, 3.8) is 0 Å². The molecular weight excluding hydrogens is 228 g/mol. The molecule has 2 aromatic heterocycles. The fourth-order valence-electron chi connectivity index (χ4n) is 1.68. The zero-order chi connectivity index (χ0) is 13.0. The molecule has 0 fully saturated rings. The summed E-state index contributed by atoms with van der Waals surface area (Å²) in [6, 6.07) is 6.12. The lowest BCUT2D eigenvalue weighted by Gasteiger charge is -2.07. The number of nitrogens with one attached hydrogen (secondary N) is 1. The Balaban J connectivity index is 1.98. The smallest absolute Gasteiger partial charge is 0.188 e. The zero-order valence-electron chi connectivity index (χ0n) is 10.7. The number of nitrogens with two attached hydrogens (primary N) is 1. The molecular formula is C12H18N6. The molecule has 0 spiro atoms. The molecule has 0 aliphatic rings. The van der Waals surface area contributed by atoms with Crippen LogP contribution in [-0.4, -0.2) is 33.1 Å². The van der Waals surface area contributed by atoms with Crippen molar-refractivity contribution in [1.29, 1.82) is 0 Å². The lowest BCUT2D eigenvalue weighted by molar-refractivity contribution is 0.721. The average molecular weight is 246 g/mol. The summed E-state index contributed by atoms with van der Waals surface area (Å²) in [6.45, 7) is 4.64. The van der Waals surface area contributed by atoms with E-state index >= 15 is 0 Å². The lowest BCUT2D eigenvalue weighted by Crippen LogP contribution is -2.36. The van der Waals surface area contributed by atoms with Crippen molar-refractivity contribution >= 4 is 11.6 Å². The van der Waals surface area contributed by atoms with Gasteiger partial charge in [-0.15, -0.1) is 10.2 Å². The summed E-state index contributed by atoms with van der Waals surface area (Å²) >= 11 is 0. The normalized spacial score (nSPS) is 12.3. The van der Waals surface area contributed by atoms with Crippen LogP contribution < -0.4 is 11.1 Å². The van der Waals surface area contributed by atoms with E-state index in [9.17, 15) is 0 Å². The predicted molar refractivity (Wildman–Crippen MR) is 71.5 cm³/mol. The number of pyridine rings is 1. The average Bonchev–Trinajstić information content (AvgIpc) is 2.72. The molecule has 2 heterocycles. The Labute approximate surface area is 106 Å². The van der Waals surface area contributed by atoms with Crippen LogP contribution in [0.25, 0.3) is 5.65 Å². The second-order valence-corrected chi connectivity index (χ2v) is 4.36. The molecule has 96 valence electrons. The molecule has 18 heavy (non-hydrogen) atoms. The Morgan fingerprint density at radius 3 is 3.06 bits per heavy atom. The number of rotatable bonds is 4. The lowest BCUT2D eigenvalue weighted by atomic mass is 10.4. The molecule has 3 N–H and O–H groups in total. The van der Waals surface area contributed by atoms with Crippen LogP contribution >= 0.6 is 0 Å². The molecule has 2 aromatic rings. The number of aliphatic imine (C=N–C) groups is 1. The van der Waals surface area contributed by atoms with Gasteiger partial charge in [-0.05, 0) is 26.0 Å². The highest BCUT2D eigenvalue weighted by Gasteiger charge is 2.03. The summed E-state index contributed by atoms with van der Waals surface area (Å²) in [4.78, 5) is 4.25. The quantitative estimate of drug-likeness (QED) is 0.611. The monoisotopic (exact) mass is 246 g/mol. The van der Waals surface area contributed by atoms with E-state index in [1.807, 2.05) is 42.6 Å². The molecule has 0 saturated heterocycles. The van der Waals surface area contributed by atoms with Crippen molar-refractivity contribution in [3.8, 4) is 0 Å². The van der Waals surface area contributed by atoms with Gasteiger partial charge in [-0.2, -0.15) is 0 Å². The molecule has 0 aliphatic carbocycles. The van der Waals surface area contributed by atoms with Gasteiger partial charge in [-0.3, -0.25) is 9.39 Å². The summed E-state index contributed by atoms with van der Waals surface area (Å²) in [7, 11) is 0. The van der Waals surface area contributed by atoms with Gasteiger partial charge >= 0.3 is 0 Å². The highest BCUT2D eigenvalue weighted by molar-refractivity contribution is 5.78. The summed E-state index contributed by atoms with van der Waals surface area (Å²) in [5.74, 6) is 1.37. The van der Waals surface area contributed by atoms with E-state index in [0.29, 0.717) is 25.0 Å². The van der Waals surface area contributed by atoms with Crippen LogP contribution in [0.2, 0.25) is 0 Å². The van der Waals surface area contributed by atoms with Gasteiger partial charge in [0, 0.05) is 25.2 Å². The van der Waals surface area contributed by atoms with E-state index in [0.717, 1.165) is 11.5 Å². The summed E-state index contributed by atoms with van der Waals surface area (Å²) < 4.78 is 1.96. The highest BCUT2D eigenvalue weighted by Crippen LogP contribution is 2.03. The van der Waals surface area contributed by atoms with Crippen molar-refractivity contribution in [2.45, 2.75) is 26.3 Å². The van der Waals surface area contributed by atoms with Crippen molar-refractivity contribution in [2.75, 3.05) is 6.54 Å². The van der Waals surface area contributed by atoms with Gasteiger partial charge in [0.15, 0.2) is 11.6 Å². The van der Waals surface area contributed by atoms with Crippen molar-refractivity contribution in [1.82, 2.24) is 19.9 Å². The fourth-order valence-corrected chi connectivity index (χ4v) is 1.68. The van der Waals surface area contributed by atoms with Crippen LogP contribution in [0.15, 0.2) is 29.4 Å². The Morgan fingerprint density at radius 1 is 1.44 bits per heavy atom. The molecule has 0 aromatic carbocycles. The molecule has 0 radical (unpaired) electrons. The molecule has 0 aliphatic heterocycles. The van der Waals surface area contributed by atoms with Crippen LogP contribution in [0.3, 0.4) is 0 Å².